The van der Waals surface area contributed by atoms with Crippen molar-refractivity contribution in [1.29, 1.82) is 0 Å². The van der Waals surface area contributed by atoms with Crippen LogP contribution in [0.25, 0.3) is 11.5 Å². The van der Waals surface area contributed by atoms with Crippen molar-refractivity contribution < 1.29 is 13.9 Å². The smallest absolute Gasteiger partial charge is 0.319 e. The maximum atomic E-state index is 11.9. The number of esters is 1. The summed E-state index contributed by atoms with van der Waals surface area (Å²) in [4.78, 5) is 11.9. The number of aryl methyl sites for hydroxylation is 2. The number of hydrogen-bond acceptors (Lipinski definition) is 6. The van der Waals surface area contributed by atoms with Gasteiger partial charge in [-0.05, 0) is 39.3 Å². The van der Waals surface area contributed by atoms with Crippen LogP contribution in [-0.2, 0) is 9.53 Å². The fourth-order valence-electron chi connectivity index (χ4n) is 2.11. The second-order valence-corrected chi connectivity index (χ2v) is 6.82. The largest absolute Gasteiger partial charge is 0.465 e. The highest BCUT2D eigenvalue weighted by atomic mass is 32.2. The van der Waals surface area contributed by atoms with E-state index in [1.54, 1.807) is 6.92 Å². The third kappa shape index (κ3) is 5.10. The molecule has 1 heterocycles. The molecule has 0 saturated carbocycles. The summed E-state index contributed by atoms with van der Waals surface area (Å²) >= 11 is 1.22. The van der Waals surface area contributed by atoms with E-state index >= 15 is 0 Å². The Kier molecular flexibility index (Phi) is 6.21. The van der Waals surface area contributed by atoms with Crippen LogP contribution in [-0.4, -0.2) is 28.0 Å². The first kappa shape index (κ1) is 17.5. The molecule has 6 heteroatoms. The second kappa shape index (κ2) is 8.15. The summed E-state index contributed by atoms with van der Waals surface area (Å²) in [5, 5.41) is 8.07. The number of hydrogen-bond donors (Lipinski definition) is 0. The first-order valence-corrected chi connectivity index (χ1v) is 8.63. The van der Waals surface area contributed by atoms with Crippen LogP contribution in [0.3, 0.4) is 0 Å². The lowest BCUT2D eigenvalue weighted by Gasteiger charge is -2.08. The highest BCUT2D eigenvalue weighted by molar-refractivity contribution is 8.00. The Morgan fingerprint density at radius 1 is 1.26 bits per heavy atom. The zero-order chi connectivity index (χ0) is 16.8. The first-order chi connectivity index (χ1) is 11.0. The molecule has 0 N–H and O–H groups in total. The third-order valence-electron chi connectivity index (χ3n) is 3.23. The maximum absolute atomic E-state index is 11.9. The Morgan fingerprint density at radius 3 is 2.61 bits per heavy atom. The highest BCUT2D eigenvalue weighted by Gasteiger charge is 2.20. The van der Waals surface area contributed by atoms with Crippen molar-refractivity contribution in [2.75, 3.05) is 6.61 Å². The van der Waals surface area contributed by atoms with Crippen molar-refractivity contribution in [3.05, 3.63) is 29.3 Å². The van der Waals surface area contributed by atoms with Crippen LogP contribution in [0.2, 0.25) is 0 Å². The van der Waals surface area contributed by atoms with Gasteiger partial charge in [-0.25, -0.2) is 0 Å². The van der Waals surface area contributed by atoms with Gasteiger partial charge in [0.05, 0.1) is 6.61 Å². The fourth-order valence-corrected chi connectivity index (χ4v) is 2.79. The van der Waals surface area contributed by atoms with Crippen LogP contribution in [0.15, 0.2) is 27.8 Å². The van der Waals surface area contributed by atoms with Gasteiger partial charge in [-0.15, -0.1) is 10.2 Å². The Morgan fingerprint density at radius 2 is 1.96 bits per heavy atom. The molecule has 0 aliphatic rings. The molecule has 1 aromatic carbocycles. The molecule has 0 aliphatic heterocycles. The minimum absolute atomic E-state index is 0.255. The third-order valence-corrected chi connectivity index (χ3v) is 4.14. The molecular weight excluding hydrogens is 312 g/mol. The van der Waals surface area contributed by atoms with E-state index in [1.807, 2.05) is 26.0 Å². The average molecular weight is 334 g/mol. The summed E-state index contributed by atoms with van der Waals surface area (Å²) in [7, 11) is 0. The van der Waals surface area contributed by atoms with Crippen molar-refractivity contribution >= 4 is 17.7 Å². The lowest BCUT2D eigenvalue weighted by Crippen LogP contribution is -2.17. The van der Waals surface area contributed by atoms with E-state index in [4.69, 9.17) is 9.15 Å². The van der Waals surface area contributed by atoms with Crippen molar-refractivity contribution in [1.82, 2.24) is 10.2 Å². The lowest BCUT2D eigenvalue weighted by molar-refractivity contribution is -0.142. The van der Waals surface area contributed by atoms with Crippen molar-refractivity contribution in [3.8, 4) is 11.5 Å². The minimum Gasteiger partial charge on any atom is -0.465 e. The quantitative estimate of drug-likeness (QED) is 0.430. The maximum Gasteiger partial charge on any atom is 0.319 e. The fraction of sp³-hybridized carbons (Fsp3) is 0.471. The molecule has 124 valence electrons. The average Bonchev–Trinajstić information content (AvgIpc) is 2.95. The van der Waals surface area contributed by atoms with Gasteiger partial charge in [0, 0.05) is 5.56 Å². The normalized spacial score (nSPS) is 12.2. The molecule has 0 bridgehead atoms. The van der Waals surface area contributed by atoms with Crippen molar-refractivity contribution in [2.45, 2.75) is 51.0 Å². The summed E-state index contributed by atoms with van der Waals surface area (Å²) in [5.41, 5.74) is 3.17. The number of benzene rings is 1. The zero-order valence-corrected chi connectivity index (χ0v) is 14.8. The van der Waals surface area contributed by atoms with Crippen LogP contribution in [0, 0.1) is 13.8 Å². The Balaban J connectivity index is 2.00. The van der Waals surface area contributed by atoms with Gasteiger partial charge in [0.15, 0.2) is 0 Å². The molecule has 1 aromatic heterocycles. The van der Waals surface area contributed by atoms with E-state index < -0.39 is 0 Å². The Hall–Kier alpha value is -1.82. The summed E-state index contributed by atoms with van der Waals surface area (Å²) in [6, 6.07) is 6.08. The number of carbonyl (C=O) groups excluding carboxylic acids is 1. The van der Waals surface area contributed by atoms with Crippen LogP contribution >= 0.6 is 11.8 Å². The molecule has 0 aliphatic carbocycles. The number of nitrogens with zero attached hydrogens (tertiary/aromatic N) is 2. The predicted octanol–water partition coefficient (Wildman–Crippen LogP) is 4.18. The molecule has 0 saturated heterocycles. The van der Waals surface area contributed by atoms with Gasteiger partial charge in [-0.3, -0.25) is 4.79 Å². The van der Waals surface area contributed by atoms with Gasteiger partial charge in [0.2, 0.25) is 5.89 Å². The summed E-state index contributed by atoms with van der Waals surface area (Å²) in [6.07, 6.45) is 1.87. The standard InChI is InChI=1S/C17H22N2O3S/c1-5-6-7-21-16(20)13(4)23-17-19-18-15(22-17)14-9-11(2)8-12(3)10-14/h8-10,13H,5-7H2,1-4H3. The molecule has 0 radical (unpaired) electrons. The van der Waals surface area contributed by atoms with Gasteiger partial charge in [0.25, 0.3) is 5.22 Å². The number of rotatable bonds is 7. The Bertz CT molecular complexity index is 649. The topological polar surface area (TPSA) is 65.2 Å². The molecular formula is C17H22N2O3S. The second-order valence-electron chi connectivity index (χ2n) is 5.53. The molecule has 0 spiro atoms. The van der Waals surface area contributed by atoms with E-state index in [0.717, 1.165) is 29.5 Å². The molecule has 2 aromatic rings. The number of ether oxygens (including phenoxy) is 1. The molecule has 23 heavy (non-hydrogen) atoms. The summed E-state index contributed by atoms with van der Waals surface area (Å²) < 4.78 is 10.8. The summed E-state index contributed by atoms with van der Waals surface area (Å²) in [5.74, 6) is 0.209. The van der Waals surface area contributed by atoms with E-state index in [2.05, 4.69) is 23.2 Å². The van der Waals surface area contributed by atoms with Crippen LogP contribution in [0.5, 0.6) is 0 Å². The summed E-state index contributed by atoms with van der Waals surface area (Å²) in [6.45, 7) is 8.34. The van der Waals surface area contributed by atoms with Crippen LogP contribution in [0.4, 0.5) is 0 Å². The van der Waals surface area contributed by atoms with Gasteiger partial charge < -0.3 is 9.15 Å². The molecule has 0 fully saturated rings. The SMILES string of the molecule is CCCCOC(=O)C(C)Sc1nnc(-c2cc(C)cc(C)c2)o1. The van der Waals surface area contributed by atoms with E-state index in [1.165, 1.54) is 11.8 Å². The monoisotopic (exact) mass is 334 g/mol. The van der Waals surface area contributed by atoms with Crippen LogP contribution in [0.1, 0.15) is 37.8 Å². The first-order valence-electron chi connectivity index (χ1n) is 7.75. The van der Waals surface area contributed by atoms with Gasteiger partial charge in [-0.2, -0.15) is 0 Å². The number of carbonyl (C=O) groups is 1. The molecule has 2 rings (SSSR count). The van der Waals surface area contributed by atoms with E-state index in [0.29, 0.717) is 17.7 Å². The molecule has 1 unspecified atom stereocenters. The minimum atomic E-state index is -0.376. The highest BCUT2D eigenvalue weighted by Crippen LogP contribution is 2.27. The molecule has 5 nitrogen and oxygen atoms in total. The Labute approximate surface area is 140 Å². The number of aromatic nitrogens is 2. The van der Waals surface area contributed by atoms with E-state index in [9.17, 15) is 4.79 Å². The van der Waals surface area contributed by atoms with Crippen LogP contribution < -0.4 is 0 Å². The lowest BCUT2D eigenvalue weighted by atomic mass is 10.1. The zero-order valence-electron chi connectivity index (χ0n) is 14.0. The van der Waals surface area contributed by atoms with Gasteiger partial charge in [-0.1, -0.05) is 42.3 Å². The predicted molar refractivity (Wildman–Crippen MR) is 90.4 cm³/mol. The van der Waals surface area contributed by atoms with Crippen molar-refractivity contribution in [3.63, 3.8) is 0 Å². The number of unbranched alkanes of at least 4 members (excludes halogenated alkanes) is 1. The molecule has 0 amide bonds. The van der Waals surface area contributed by atoms with Crippen molar-refractivity contribution in [2.24, 2.45) is 0 Å². The van der Waals surface area contributed by atoms with Gasteiger partial charge >= 0.3 is 5.97 Å². The molecule has 1 atom stereocenters. The number of thioether (sulfide) groups is 1. The van der Waals surface area contributed by atoms with Gasteiger partial charge in [0.1, 0.15) is 5.25 Å². The van der Waals surface area contributed by atoms with E-state index in [-0.39, 0.29) is 11.2 Å².